The molecule has 1 aromatic rings. The lowest BCUT2D eigenvalue weighted by Gasteiger charge is -2.16. The molecule has 0 aliphatic heterocycles. The maximum absolute atomic E-state index is 4.20. The summed E-state index contributed by atoms with van der Waals surface area (Å²) in [6.07, 6.45) is 24.6. The first-order valence-corrected chi connectivity index (χ1v) is 17.3. The second-order valence-electron chi connectivity index (χ2n) is 11.2. The topological polar surface area (TPSA) is 0 Å². The average molecular weight is 589 g/mol. The smallest absolute Gasteiger partial charge is 0.0168 e. The monoisotopic (exact) mass is 589 g/mol. The number of fused-ring (bicyclic) bond motifs is 1. The number of benzene rings is 1. The Morgan fingerprint density at radius 1 is 0.860 bits per heavy atom. The fraction of sp³-hybridized carbons (Fsp3) is 0.535. The number of allylic oxidation sites excluding steroid dienone is 11. The van der Waals surface area contributed by atoms with Crippen LogP contribution in [0.3, 0.4) is 0 Å². The first kappa shape index (κ1) is 44.8. The van der Waals surface area contributed by atoms with Crippen molar-refractivity contribution in [1.82, 2.24) is 0 Å². The van der Waals surface area contributed by atoms with E-state index in [1.807, 2.05) is 32.9 Å². The summed E-state index contributed by atoms with van der Waals surface area (Å²) in [7, 11) is 0. The molecule has 0 nitrogen and oxygen atoms in total. The average Bonchev–Trinajstić information content (AvgIpc) is 3.51. The van der Waals surface area contributed by atoms with Gasteiger partial charge in [-0.2, -0.15) is 0 Å². The van der Waals surface area contributed by atoms with Crippen LogP contribution in [0.1, 0.15) is 145 Å². The van der Waals surface area contributed by atoms with Crippen molar-refractivity contribution in [2.24, 2.45) is 5.92 Å². The first-order valence-electron chi connectivity index (χ1n) is 17.3. The van der Waals surface area contributed by atoms with Gasteiger partial charge in [-0.25, -0.2) is 0 Å². The van der Waals surface area contributed by atoms with Gasteiger partial charge in [0.05, 0.1) is 0 Å². The van der Waals surface area contributed by atoms with Gasteiger partial charge in [0.2, 0.25) is 0 Å². The van der Waals surface area contributed by atoms with Crippen molar-refractivity contribution < 1.29 is 0 Å². The molecule has 0 heteroatoms. The molecule has 0 amide bonds. The molecular weight excluding hydrogens is 516 g/mol. The van der Waals surface area contributed by atoms with Crippen LogP contribution in [0.5, 0.6) is 0 Å². The van der Waals surface area contributed by atoms with Gasteiger partial charge < -0.3 is 0 Å². The molecule has 0 radical (unpaired) electrons. The van der Waals surface area contributed by atoms with E-state index in [2.05, 4.69) is 118 Å². The van der Waals surface area contributed by atoms with E-state index < -0.39 is 0 Å². The second kappa shape index (κ2) is 30.8. The molecule has 1 aliphatic carbocycles. The normalized spacial score (nSPS) is 11.8. The molecule has 0 N–H and O–H groups in total. The zero-order valence-corrected chi connectivity index (χ0v) is 31.0. The molecule has 0 aromatic heterocycles. The third kappa shape index (κ3) is 23.5. The van der Waals surface area contributed by atoms with Gasteiger partial charge in [-0.3, -0.25) is 0 Å². The Labute approximate surface area is 271 Å². The largest absolute Gasteiger partial charge is 0.0991 e. The molecule has 0 saturated carbocycles. The van der Waals surface area contributed by atoms with Crippen LogP contribution >= 0.6 is 0 Å². The van der Waals surface area contributed by atoms with Crippen molar-refractivity contribution in [2.75, 3.05) is 0 Å². The van der Waals surface area contributed by atoms with E-state index in [0.717, 1.165) is 12.8 Å². The van der Waals surface area contributed by atoms with Crippen LogP contribution in [0.15, 0.2) is 102 Å². The maximum atomic E-state index is 4.20. The summed E-state index contributed by atoms with van der Waals surface area (Å²) in [5.74, 6) is 0.714. The van der Waals surface area contributed by atoms with Crippen molar-refractivity contribution in [2.45, 2.75) is 147 Å². The van der Waals surface area contributed by atoms with Gasteiger partial charge in [0.25, 0.3) is 0 Å². The maximum Gasteiger partial charge on any atom is -0.0168 e. The van der Waals surface area contributed by atoms with E-state index in [4.69, 9.17) is 0 Å². The third-order valence-electron chi connectivity index (χ3n) is 7.68. The Morgan fingerprint density at radius 2 is 1.44 bits per heavy atom. The van der Waals surface area contributed by atoms with E-state index in [1.54, 1.807) is 17.2 Å². The minimum absolute atomic E-state index is 0.714. The Balaban J connectivity index is -0.000000500. The fourth-order valence-corrected chi connectivity index (χ4v) is 4.41. The van der Waals surface area contributed by atoms with Gasteiger partial charge in [0.1, 0.15) is 0 Å². The van der Waals surface area contributed by atoms with E-state index in [0.29, 0.717) is 5.92 Å². The zero-order valence-electron chi connectivity index (χ0n) is 31.0. The lowest BCUT2D eigenvalue weighted by atomic mass is 9.90. The SMILES string of the molecule is C=C(/C=C(/C)CC)C(CCC)CCC.C=C/C=C\C(=C/C)CC.C=CC(C)=C(C)C.CC.CCc1ccc2c(c1)CCC2. The lowest BCUT2D eigenvalue weighted by Crippen LogP contribution is -2.01. The number of aryl methyl sites for hydroxylation is 3. The second-order valence-corrected chi connectivity index (χ2v) is 11.2. The molecule has 0 unspecified atom stereocenters. The van der Waals surface area contributed by atoms with Crippen molar-refractivity contribution in [1.29, 1.82) is 0 Å². The standard InChI is InChI=1S/C14H26.C11H14.C9H14.C7H12.C2H6/c1-6-9-14(10-7-2)13(5)11-12(4)8-3;1-2-9-6-7-10-4-3-5-11(10)8-9;1-4-7-8-9(5-2)6-3;1-5-7(4)6(2)3;1-2/h11,14H,5-10H2,1-4H3;6-8H,2-5H2,1H3;4-5,7-8H,1,6H2,2-3H3;5H,1H2,2-4H3;1-2H3/b12-11-;;8-7-,9-5-;;. The number of rotatable bonds is 12. The van der Waals surface area contributed by atoms with E-state index in [-0.39, 0.29) is 0 Å². The van der Waals surface area contributed by atoms with Gasteiger partial charge in [-0.1, -0.05) is 164 Å². The molecule has 43 heavy (non-hydrogen) atoms. The van der Waals surface area contributed by atoms with Crippen LogP contribution in [0, 0.1) is 5.92 Å². The summed E-state index contributed by atoms with van der Waals surface area (Å²) in [4.78, 5) is 0. The molecule has 0 atom stereocenters. The summed E-state index contributed by atoms with van der Waals surface area (Å²) in [5.41, 5.74) is 11.4. The minimum Gasteiger partial charge on any atom is -0.0991 e. The molecule has 0 heterocycles. The van der Waals surface area contributed by atoms with Crippen LogP contribution in [0.25, 0.3) is 0 Å². The third-order valence-corrected chi connectivity index (χ3v) is 7.68. The van der Waals surface area contributed by atoms with Crippen LogP contribution < -0.4 is 0 Å². The Kier molecular flexibility index (Phi) is 32.2. The lowest BCUT2D eigenvalue weighted by molar-refractivity contribution is 0.513. The van der Waals surface area contributed by atoms with Gasteiger partial charge in [0.15, 0.2) is 0 Å². The summed E-state index contributed by atoms with van der Waals surface area (Å²) in [6.45, 7) is 37.0. The minimum atomic E-state index is 0.714. The number of hydrogen-bond acceptors (Lipinski definition) is 0. The van der Waals surface area contributed by atoms with Crippen molar-refractivity contribution in [3.8, 4) is 0 Å². The summed E-state index contributed by atoms with van der Waals surface area (Å²) in [5, 5.41) is 0. The predicted molar refractivity (Wildman–Crippen MR) is 203 cm³/mol. The summed E-state index contributed by atoms with van der Waals surface area (Å²) in [6, 6.07) is 6.95. The summed E-state index contributed by atoms with van der Waals surface area (Å²) < 4.78 is 0. The van der Waals surface area contributed by atoms with Crippen LogP contribution in [0.2, 0.25) is 0 Å². The van der Waals surface area contributed by atoms with Crippen LogP contribution in [-0.2, 0) is 19.3 Å². The molecule has 2 rings (SSSR count). The van der Waals surface area contributed by atoms with E-state index >= 15 is 0 Å². The van der Waals surface area contributed by atoms with Crippen molar-refractivity contribution in [3.05, 3.63) is 119 Å². The fourth-order valence-electron chi connectivity index (χ4n) is 4.41. The number of hydrogen-bond donors (Lipinski definition) is 0. The molecular formula is C43H72. The van der Waals surface area contributed by atoms with E-state index in [1.165, 1.54) is 84.8 Å². The highest BCUT2D eigenvalue weighted by atomic mass is 14.1. The summed E-state index contributed by atoms with van der Waals surface area (Å²) >= 11 is 0. The quantitative estimate of drug-likeness (QED) is 0.213. The Hall–Kier alpha value is -2.60. The van der Waals surface area contributed by atoms with Crippen LogP contribution in [0.4, 0.5) is 0 Å². The first-order chi connectivity index (χ1) is 20.6. The van der Waals surface area contributed by atoms with Gasteiger partial charge >= 0.3 is 0 Å². The van der Waals surface area contributed by atoms with Gasteiger partial charge in [0, 0.05) is 0 Å². The molecule has 1 aliphatic rings. The molecule has 0 spiro atoms. The van der Waals surface area contributed by atoms with Crippen molar-refractivity contribution in [3.63, 3.8) is 0 Å². The Bertz CT molecular complexity index is 979. The molecule has 1 aromatic carbocycles. The Morgan fingerprint density at radius 3 is 1.84 bits per heavy atom. The molecule has 0 fully saturated rings. The van der Waals surface area contributed by atoms with E-state index in [9.17, 15) is 0 Å². The predicted octanol–water partition coefficient (Wildman–Crippen LogP) is 14.5. The molecule has 0 bridgehead atoms. The molecule has 0 saturated heterocycles. The van der Waals surface area contributed by atoms with Gasteiger partial charge in [-0.15, -0.1) is 0 Å². The molecule has 244 valence electrons. The zero-order chi connectivity index (χ0) is 33.6. The van der Waals surface area contributed by atoms with Crippen molar-refractivity contribution >= 4 is 0 Å². The highest BCUT2D eigenvalue weighted by Crippen LogP contribution is 2.24. The highest BCUT2D eigenvalue weighted by molar-refractivity contribution is 5.35. The van der Waals surface area contributed by atoms with Gasteiger partial charge in [-0.05, 0) is 109 Å². The van der Waals surface area contributed by atoms with Crippen LogP contribution in [-0.4, -0.2) is 0 Å². The highest BCUT2D eigenvalue weighted by Gasteiger charge is 2.10.